The molecule has 0 aliphatic carbocycles. The number of carboxylic acid groups (broad SMARTS) is 1. The molecule has 0 aromatic rings. The molecule has 432 valence electrons. The number of hydrogen-bond donors (Lipinski definition) is 0. The fourth-order valence-corrected chi connectivity index (χ4v) is 7.28. The summed E-state index contributed by atoms with van der Waals surface area (Å²) in [5, 5.41) is 11.8. The Morgan fingerprint density at radius 2 is 0.701 bits per heavy atom. The third kappa shape index (κ3) is 58.4. The molecule has 0 radical (unpaired) electrons. The van der Waals surface area contributed by atoms with Crippen LogP contribution in [0.3, 0.4) is 0 Å². The van der Waals surface area contributed by atoms with Gasteiger partial charge in [-0.05, 0) is 122 Å². The van der Waals surface area contributed by atoms with Crippen molar-refractivity contribution in [1.29, 1.82) is 0 Å². The molecular formula is C68H107NO8. The van der Waals surface area contributed by atoms with Gasteiger partial charge < -0.3 is 33.3 Å². The lowest BCUT2D eigenvalue weighted by atomic mass is 10.1. The van der Waals surface area contributed by atoms with E-state index in [-0.39, 0.29) is 38.6 Å². The second kappa shape index (κ2) is 57.1. The van der Waals surface area contributed by atoms with E-state index in [1.165, 1.54) is 0 Å². The molecule has 0 saturated heterocycles. The second-order valence-electron chi connectivity index (χ2n) is 20.2. The van der Waals surface area contributed by atoms with Crippen LogP contribution in [0.2, 0.25) is 0 Å². The molecule has 0 aromatic heterocycles. The Balaban J connectivity index is 4.27. The van der Waals surface area contributed by atoms with E-state index in [0.717, 1.165) is 154 Å². The van der Waals surface area contributed by atoms with Crippen LogP contribution in [-0.4, -0.2) is 82.3 Å². The molecule has 0 bridgehead atoms. The lowest BCUT2D eigenvalue weighted by molar-refractivity contribution is -0.870. The van der Waals surface area contributed by atoms with E-state index in [4.69, 9.17) is 18.9 Å². The van der Waals surface area contributed by atoms with E-state index in [1.807, 2.05) is 21.1 Å². The lowest BCUT2D eigenvalue weighted by Crippen LogP contribution is -2.44. The molecule has 0 aliphatic heterocycles. The maximum Gasteiger partial charge on any atom is 0.306 e. The Kier molecular flexibility index (Phi) is 53.3. The maximum atomic E-state index is 12.9. The topological polar surface area (TPSA) is 111 Å². The van der Waals surface area contributed by atoms with Crippen LogP contribution in [0.25, 0.3) is 0 Å². The molecule has 0 aromatic carbocycles. The predicted molar refractivity (Wildman–Crippen MR) is 324 cm³/mol. The van der Waals surface area contributed by atoms with Crippen LogP contribution in [-0.2, 0) is 33.3 Å². The average Bonchev–Trinajstić information content (AvgIpc) is 3.40. The zero-order valence-corrected chi connectivity index (χ0v) is 49.0. The van der Waals surface area contributed by atoms with E-state index in [0.29, 0.717) is 23.9 Å². The SMILES string of the molecule is CC/C=C\C/C=C\C/C=C\C/C=C\C/C=C\C/C=C\C/C=C\C/C=C\C/C=C\C/C=C\CCCCCCCCC(=O)OC(COC(=O)CCCCCCC/C=C\C/C=C\C/C=C\CC)COC(OCC[N+](C)(C)C)C(=O)[O-]. The van der Waals surface area contributed by atoms with E-state index >= 15 is 0 Å². The van der Waals surface area contributed by atoms with Crippen molar-refractivity contribution in [3.63, 3.8) is 0 Å². The largest absolute Gasteiger partial charge is 0.545 e. The minimum atomic E-state index is -1.64. The number of quaternary nitrogens is 1. The van der Waals surface area contributed by atoms with Crippen LogP contribution in [0.4, 0.5) is 0 Å². The number of rotatable bonds is 52. The van der Waals surface area contributed by atoms with Gasteiger partial charge in [-0.15, -0.1) is 0 Å². The summed E-state index contributed by atoms with van der Waals surface area (Å²) in [5.74, 6) is -2.35. The molecule has 0 spiro atoms. The van der Waals surface area contributed by atoms with Crippen molar-refractivity contribution < 1.29 is 42.9 Å². The first-order valence-electron chi connectivity index (χ1n) is 29.6. The lowest BCUT2D eigenvalue weighted by Gasteiger charge is -2.26. The summed E-state index contributed by atoms with van der Waals surface area (Å²) in [4.78, 5) is 37.2. The first-order chi connectivity index (χ1) is 37.6. The second-order valence-corrected chi connectivity index (χ2v) is 20.2. The van der Waals surface area contributed by atoms with Gasteiger partial charge in [-0.25, -0.2) is 0 Å². The number of unbranched alkanes of at least 4 members (excludes halogenated alkanes) is 11. The molecular weight excluding hydrogens is 959 g/mol. The number of allylic oxidation sites excluding steroid dienone is 26. The molecule has 2 unspecified atom stereocenters. The van der Waals surface area contributed by atoms with Gasteiger partial charge in [-0.2, -0.15) is 0 Å². The first-order valence-corrected chi connectivity index (χ1v) is 29.6. The number of hydrogen-bond acceptors (Lipinski definition) is 8. The molecule has 0 fully saturated rings. The summed E-state index contributed by atoms with van der Waals surface area (Å²) in [7, 11) is 5.89. The molecule has 2 atom stereocenters. The van der Waals surface area contributed by atoms with Gasteiger partial charge in [0.1, 0.15) is 13.2 Å². The highest BCUT2D eigenvalue weighted by molar-refractivity contribution is 5.70. The third-order valence-corrected chi connectivity index (χ3v) is 11.8. The van der Waals surface area contributed by atoms with Gasteiger partial charge in [0.05, 0.1) is 40.3 Å². The molecule has 0 amide bonds. The monoisotopic (exact) mass is 1070 g/mol. The standard InChI is InChI=1S/C68H107NO8/c1-6-8-10-12-14-16-18-20-22-23-24-25-26-27-28-29-30-31-32-33-34-35-36-37-38-39-40-41-42-43-45-47-49-51-53-55-57-59-66(71)77-64(63-76-68(67(72)73)74-61-60-69(3,4)5)62-75-65(70)58-56-54-52-50-48-46-44-21-19-17-15-13-11-9-7-2/h8-11,14-17,20-22,24-25,27-28,30-31,33-34,36-37,39-40,42-44,64,68H,6-7,12-13,18-19,23,26,29,32,35,38,41,45-63H2,1-5H3/b10-8-,11-9-,16-14-,17-15-,22-20-,25-24-,28-27-,31-30-,34-33-,37-36-,40-39-,43-42-,44-21-. The Morgan fingerprint density at radius 3 is 1.04 bits per heavy atom. The Labute approximate surface area is 470 Å². The van der Waals surface area contributed by atoms with Crippen molar-refractivity contribution in [3.8, 4) is 0 Å². The van der Waals surface area contributed by atoms with Crippen LogP contribution in [0.15, 0.2) is 158 Å². The zero-order valence-electron chi connectivity index (χ0n) is 49.0. The molecule has 9 heteroatoms. The molecule has 0 saturated carbocycles. The van der Waals surface area contributed by atoms with E-state index in [1.54, 1.807) is 0 Å². The molecule has 77 heavy (non-hydrogen) atoms. The van der Waals surface area contributed by atoms with Gasteiger partial charge in [0.15, 0.2) is 12.4 Å². The minimum absolute atomic E-state index is 0.132. The zero-order chi connectivity index (χ0) is 56.2. The summed E-state index contributed by atoms with van der Waals surface area (Å²) in [5.41, 5.74) is 0. The first kappa shape index (κ1) is 71.9. The van der Waals surface area contributed by atoms with Crippen LogP contribution in [0.5, 0.6) is 0 Å². The molecule has 0 heterocycles. The number of carbonyl (C=O) groups excluding carboxylic acids is 3. The van der Waals surface area contributed by atoms with Gasteiger partial charge in [0, 0.05) is 12.8 Å². The Morgan fingerprint density at radius 1 is 0.390 bits per heavy atom. The fourth-order valence-electron chi connectivity index (χ4n) is 7.28. The number of carboxylic acids is 1. The van der Waals surface area contributed by atoms with Crippen molar-refractivity contribution in [2.75, 3.05) is 47.5 Å². The van der Waals surface area contributed by atoms with E-state index in [2.05, 4.69) is 172 Å². The number of carbonyl (C=O) groups is 3. The van der Waals surface area contributed by atoms with Crippen LogP contribution in [0.1, 0.15) is 194 Å². The Bertz CT molecular complexity index is 1810. The van der Waals surface area contributed by atoms with Crippen molar-refractivity contribution in [3.05, 3.63) is 158 Å². The van der Waals surface area contributed by atoms with Gasteiger partial charge in [0.2, 0.25) is 0 Å². The fraction of sp³-hybridized carbons (Fsp3) is 0.574. The number of ether oxygens (including phenoxy) is 4. The van der Waals surface area contributed by atoms with Crippen molar-refractivity contribution in [1.82, 2.24) is 0 Å². The summed E-state index contributed by atoms with van der Waals surface area (Å²) >= 11 is 0. The van der Waals surface area contributed by atoms with Crippen LogP contribution in [0, 0.1) is 0 Å². The molecule has 0 N–H and O–H groups in total. The summed E-state index contributed by atoms with van der Waals surface area (Å²) in [6.07, 6.45) is 81.6. The number of likely N-dealkylation sites (N-methyl/N-ethyl adjacent to an activating group) is 1. The van der Waals surface area contributed by atoms with Crippen molar-refractivity contribution in [2.45, 2.75) is 206 Å². The Hall–Kier alpha value is -5.09. The highest BCUT2D eigenvalue weighted by Crippen LogP contribution is 2.13. The summed E-state index contributed by atoms with van der Waals surface area (Å²) < 4.78 is 22.6. The maximum absolute atomic E-state index is 12.9. The summed E-state index contributed by atoms with van der Waals surface area (Å²) in [6.45, 7) is 4.45. The highest BCUT2D eigenvalue weighted by atomic mass is 16.7. The van der Waals surface area contributed by atoms with Gasteiger partial charge in [0.25, 0.3) is 0 Å². The molecule has 0 aliphatic rings. The van der Waals surface area contributed by atoms with Crippen LogP contribution < -0.4 is 5.11 Å². The average molecular weight is 1070 g/mol. The van der Waals surface area contributed by atoms with E-state index < -0.39 is 24.3 Å². The number of esters is 2. The summed E-state index contributed by atoms with van der Waals surface area (Å²) in [6, 6.07) is 0. The van der Waals surface area contributed by atoms with Crippen molar-refractivity contribution in [2.24, 2.45) is 0 Å². The third-order valence-electron chi connectivity index (χ3n) is 11.8. The van der Waals surface area contributed by atoms with Gasteiger partial charge >= 0.3 is 11.9 Å². The quantitative estimate of drug-likeness (QED) is 0.0195. The normalized spacial score (nSPS) is 13.9. The minimum Gasteiger partial charge on any atom is -0.545 e. The number of aliphatic carboxylic acids is 1. The molecule has 0 rings (SSSR count). The molecule has 9 nitrogen and oxygen atoms in total. The van der Waals surface area contributed by atoms with E-state index in [9.17, 15) is 19.5 Å². The van der Waals surface area contributed by atoms with Crippen LogP contribution >= 0.6 is 0 Å². The smallest absolute Gasteiger partial charge is 0.306 e. The predicted octanol–water partition coefficient (Wildman–Crippen LogP) is 16.4. The van der Waals surface area contributed by atoms with Gasteiger partial charge in [-0.3, -0.25) is 9.59 Å². The number of nitrogens with zero attached hydrogens (tertiary/aromatic N) is 1. The van der Waals surface area contributed by atoms with Crippen molar-refractivity contribution >= 4 is 17.9 Å². The van der Waals surface area contributed by atoms with Gasteiger partial charge in [-0.1, -0.05) is 217 Å². The highest BCUT2D eigenvalue weighted by Gasteiger charge is 2.22.